The Balaban J connectivity index is 2.28. The molecule has 1 aromatic heterocycles. The number of aromatic nitrogens is 2. The van der Waals surface area contributed by atoms with Gasteiger partial charge in [-0.1, -0.05) is 6.92 Å². The van der Waals surface area contributed by atoms with Crippen molar-refractivity contribution in [2.24, 2.45) is 12.5 Å². The first-order valence-electron chi connectivity index (χ1n) is 4.72. The predicted molar refractivity (Wildman–Crippen MR) is 49.5 cm³/mol. The van der Waals surface area contributed by atoms with Crippen LogP contribution in [0.15, 0.2) is 12.4 Å². The van der Waals surface area contributed by atoms with E-state index in [0.29, 0.717) is 5.82 Å². The summed E-state index contributed by atoms with van der Waals surface area (Å²) in [4.78, 5) is 16.0. The largest absolute Gasteiger partial charge is 0.332 e. The van der Waals surface area contributed by atoms with Gasteiger partial charge in [0, 0.05) is 24.9 Å². The Morgan fingerprint density at radius 2 is 2.38 bits per heavy atom. The number of hydrogen-bond acceptors (Lipinski definition) is 2. The summed E-state index contributed by atoms with van der Waals surface area (Å²) >= 11 is 0. The van der Waals surface area contributed by atoms with Gasteiger partial charge in [-0.3, -0.25) is 4.79 Å². The fourth-order valence-corrected chi connectivity index (χ4v) is 1.71. The minimum Gasteiger partial charge on any atom is -0.332 e. The molecular weight excluding hydrogens is 164 g/mol. The monoisotopic (exact) mass is 178 g/mol. The van der Waals surface area contributed by atoms with Crippen LogP contribution in [0.2, 0.25) is 0 Å². The number of imidazole rings is 1. The summed E-state index contributed by atoms with van der Waals surface area (Å²) in [7, 11) is 1.87. The quantitative estimate of drug-likeness (QED) is 0.661. The maximum absolute atomic E-state index is 12.0. The Labute approximate surface area is 77.8 Å². The van der Waals surface area contributed by atoms with Crippen molar-refractivity contribution in [1.82, 2.24) is 9.55 Å². The van der Waals surface area contributed by atoms with E-state index in [0.717, 1.165) is 19.3 Å². The van der Waals surface area contributed by atoms with E-state index in [4.69, 9.17) is 0 Å². The third-order valence-corrected chi connectivity index (χ3v) is 3.04. The third-order valence-electron chi connectivity index (χ3n) is 3.04. The highest BCUT2D eigenvalue weighted by Crippen LogP contribution is 2.50. The smallest absolute Gasteiger partial charge is 0.204 e. The molecule has 0 saturated heterocycles. The Morgan fingerprint density at radius 1 is 1.69 bits per heavy atom. The minimum atomic E-state index is -0.0564. The molecule has 13 heavy (non-hydrogen) atoms. The topological polar surface area (TPSA) is 34.9 Å². The molecule has 0 amide bonds. The molecule has 1 aromatic rings. The van der Waals surface area contributed by atoms with Crippen LogP contribution in [0.25, 0.3) is 0 Å². The van der Waals surface area contributed by atoms with Gasteiger partial charge in [0.2, 0.25) is 5.78 Å². The highest BCUT2D eigenvalue weighted by Gasteiger charge is 2.49. The van der Waals surface area contributed by atoms with Crippen LogP contribution in [0.3, 0.4) is 0 Å². The number of carbonyl (C=O) groups is 1. The lowest BCUT2D eigenvalue weighted by atomic mass is 9.97. The number of Topliss-reactive ketones (excluding diaryl/α,β-unsaturated/α-hetero) is 1. The second-order valence-corrected chi connectivity index (χ2v) is 3.82. The zero-order chi connectivity index (χ0) is 9.47. The van der Waals surface area contributed by atoms with Crippen LogP contribution in [0.4, 0.5) is 0 Å². The molecule has 2 rings (SSSR count). The van der Waals surface area contributed by atoms with E-state index >= 15 is 0 Å². The van der Waals surface area contributed by atoms with Crippen molar-refractivity contribution in [3.8, 4) is 0 Å². The number of nitrogens with zero attached hydrogens (tertiary/aromatic N) is 2. The second kappa shape index (κ2) is 2.69. The van der Waals surface area contributed by atoms with Crippen LogP contribution in [0, 0.1) is 5.41 Å². The first-order valence-corrected chi connectivity index (χ1v) is 4.72. The maximum Gasteiger partial charge on any atom is 0.204 e. The maximum atomic E-state index is 12.0. The zero-order valence-corrected chi connectivity index (χ0v) is 8.08. The van der Waals surface area contributed by atoms with E-state index < -0.39 is 0 Å². The fourth-order valence-electron chi connectivity index (χ4n) is 1.71. The van der Waals surface area contributed by atoms with Crippen molar-refractivity contribution < 1.29 is 4.79 Å². The van der Waals surface area contributed by atoms with Crippen molar-refractivity contribution in [3.63, 3.8) is 0 Å². The molecule has 0 spiro atoms. The van der Waals surface area contributed by atoms with Gasteiger partial charge in [-0.2, -0.15) is 0 Å². The Bertz CT molecular complexity index is 336. The number of ketones is 1. The second-order valence-electron chi connectivity index (χ2n) is 3.82. The number of hydrogen-bond donors (Lipinski definition) is 0. The van der Waals surface area contributed by atoms with Crippen LogP contribution < -0.4 is 0 Å². The lowest BCUT2D eigenvalue weighted by Crippen LogP contribution is -2.19. The molecule has 3 heteroatoms. The van der Waals surface area contributed by atoms with Crippen molar-refractivity contribution in [1.29, 1.82) is 0 Å². The molecule has 0 radical (unpaired) electrons. The van der Waals surface area contributed by atoms with Crippen molar-refractivity contribution in [2.75, 3.05) is 0 Å². The van der Waals surface area contributed by atoms with Crippen molar-refractivity contribution in [3.05, 3.63) is 18.2 Å². The van der Waals surface area contributed by atoms with Gasteiger partial charge >= 0.3 is 0 Å². The first kappa shape index (κ1) is 8.48. The van der Waals surface area contributed by atoms with E-state index in [2.05, 4.69) is 11.9 Å². The van der Waals surface area contributed by atoms with Gasteiger partial charge < -0.3 is 4.57 Å². The van der Waals surface area contributed by atoms with Crippen molar-refractivity contribution >= 4 is 5.78 Å². The summed E-state index contributed by atoms with van der Waals surface area (Å²) in [5, 5.41) is 0. The molecule has 0 atom stereocenters. The van der Waals surface area contributed by atoms with Crippen LogP contribution >= 0.6 is 0 Å². The van der Waals surface area contributed by atoms with Crippen LogP contribution in [-0.4, -0.2) is 15.3 Å². The van der Waals surface area contributed by atoms with Gasteiger partial charge in [-0.05, 0) is 19.3 Å². The SMILES string of the molecule is CCC1(C(=O)c2nccn2C)CC1. The average molecular weight is 178 g/mol. The van der Waals surface area contributed by atoms with Crippen LogP contribution in [0.5, 0.6) is 0 Å². The summed E-state index contributed by atoms with van der Waals surface area (Å²) in [5.74, 6) is 0.835. The lowest BCUT2D eigenvalue weighted by Gasteiger charge is -2.09. The Hall–Kier alpha value is -1.12. The van der Waals surface area contributed by atoms with Gasteiger partial charge in [-0.25, -0.2) is 4.98 Å². The molecule has 3 nitrogen and oxygen atoms in total. The molecule has 1 aliphatic rings. The van der Waals surface area contributed by atoms with Gasteiger partial charge in [0.25, 0.3) is 0 Å². The van der Waals surface area contributed by atoms with Gasteiger partial charge in [0.05, 0.1) is 0 Å². The van der Waals surface area contributed by atoms with E-state index in [1.165, 1.54) is 0 Å². The van der Waals surface area contributed by atoms with Gasteiger partial charge in [0.15, 0.2) is 5.82 Å². The molecule has 0 bridgehead atoms. The molecule has 0 aromatic carbocycles. The first-order chi connectivity index (χ1) is 6.19. The van der Waals surface area contributed by atoms with E-state index in [9.17, 15) is 4.79 Å². The summed E-state index contributed by atoms with van der Waals surface area (Å²) < 4.78 is 1.80. The standard InChI is InChI=1S/C10H14N2O/c1-3-10(4-5-10)8(13)9-11-6-7-12(9)2/h6-7H,3-5H2,1-2H3. The molecule has 0 unspecified atom stereocenters. The molecular formula is C10H14N2O. The Kier molecular flexibility index (Phi) is 1.75. The van der Waals surface area contributed by atoms with E-state index in [-0.39, 0.29) is 11.2 Å². The summed E-state index contributed by atoms with van der Waals surface area (Å²) in [6.45, 7) is 2.08. The molecule has 0 N–H and O–H groups in total. The number of aryl methyl sites for hydroxylation is 1. The van der Waals surface area contributed by atoms with Crippen molar-refractivity contribution in [2.45, 2.75) is 26.2 Å². The molecule has 1 fully saturated rings. The summed E-state index contributed by atoms with van der Waals surface area (Å²) in [6, 6.07) is 0. The highest BCUT2D eigenvalue weighted by atomic mass is 16.1. The fraction of sp³-hybridized carbons (Fsp3) is 0.600. The Morgan fingerprint density at radius 3 is 2.77 bits per heavy atom. The average Bonchev–Trinajstić information content (AvgIpc) is 2.83. The summed E-state index contributed by atoms with van der Waals surface area (Å²) in [6.07, 6.45) is 6.51. The van der Waals surface area contributed by atoms with E-state index in [1.807, 2.05) is 13.2 Å². The molecule has 0 aliphatic heterocycles. The predicted octanol–water partition coefficient (Wildman–Crippen LogP) is 1.79. The number of carbonyl (C=O) groups excluding carboxylic acids is 1. The molecule has 1 saturated carbocycles. The van der Waals surface area contributed by atoms with Gasteiger partial charge in [-0.15, -0.1) is 0 Å². The number of rotatable bonds is 3. The highest BCUT2D eigenvalue weighted by molar-refractivity contribution is 5.99. The lowest BCUT2D eigenvalue weighted by molar-refractivity contribution is 0.0882. The van der Waals surface area contributed by atoms with Crippen LogP contribution in [-0.2, 0) is 7.05 Å². The molecule has 1 aliphatic carbocycles. The van der Waals surface area contributed by atoms with Gasteiger partial charge in [0.1, 0.15) is 0 Å². The third kappa shape index (κ3) is 1.19. The molecule has 1 heterocycles. The zero-order valence-electron chi connectivity index (χ0n) is 8.08. The van der Waals surface area contributed by atoms with E-state index in [1.54, 1.807) is 10.8 Å². The van der Waals surface area contributed by atoms with Crippen LogP contribution in [0.1, 0.15) is 36.8 Å². The molecule has 70 valence electrons. The minimum absolute atomic E-state index is 0.0564. The summed E-state index contributed by atoms with van der Waals surface area (Å²) in [5.41, 5.74) is -0.0564. The normalized spacial score (nSPS) is 18.6.